The van der Waals surface area contributed by atoms with Crippen LogP contribution in [0.2, 0.25) is 0 Å². The number of fused-ring (bicyclic) bond motifs is 1. The summed E-state index contributed by atoms with van der Waals surface area (Å²) in [6.07, 6.45) is 7.00. The molecule has 1 aromatic rings. The van der Waals surface area contributed by atoms with Gasteiger partial charge in [0.15, 0.2) is 0 Å². The number of hydrogen-bond acceptors (Lipinski definition) is 2. The second-order valence-corrected chi connectivity index (χ2v) is 5.98. The number of benzene rings is 1. The van der Waals surface area contributed by atoms with E-state index in [9.17, 15) is 9.18 Å². The molecule has 0 aromatic heterocycles. The van der Waals surface area contributed by atoms with E-state index in [1.807, 2.05) is 4.90 Å². The average Bonchev–Trinajstić information content (AvgIpc) is 2.48. The van der Waals surface area contributed by atoms with E-state index < -0.39 is 5.82 Å². The minimum atomic E-state index is -0.403. The topological polar surface area (TPSA) is 46.3 Å². The van der Waals surface area contributed by atoms with Crippen LogP contribution in [0.25, 0.3) is 0 Å². The van der Waals surface area contributed by atoms with Gasteiger partial charge in [-0.05, 0) is 49.8 Å². The second-order valence-electron chi connectivity index (χ2n) is 5.98. The first kappa shape index (κ1) is 13.4. The van der Waals surface area contributed by atoms with E-state index in [1.54, 1.807) is 0 Å². The fourth-order valence-electron chi connectivity index (χ4n) is 3.75. The summed E-state index contributed by atoms with van der Waals surface area (Å²) in [6, 6.07) is 4.37. The Hall–Kier alpha value is -1.58. The van der Waals surface area contributed by atoms with Gasteiger partial charge in [-0.2, -0.15) is 0 Å². The van der Waals surface area contributed by atoms with Crippen LogP contribution in [0.4, 0.5) is 10.1 Å². The zero-order valence-corrected chi connectivity index (χ0v) is 11.6. The standard InChI is InChI=1S/C16H21FN2O/c17-12-7-8-14(18)13(10-12)16(20)19-9-3-5-11-4-1-2-6-15(11)19/h7-8,10-11,15H,1-6,9,18H2. The fraction of sp³-hybridized carbons (Fsp3) is 0.562. The molecule has 3 nitrogen and oxygen atoms in total. The number of piperidine rings is 1. The van der Waals surface area contributed by atoms with Crippen molar-refractivity contribution in [2.45, 2.75) is 44.6 Å². The molecule has 1 heterocycles. The highest BCUT2D eigenvalue weighted by molar-refractivity contribution is 5.99. The number of likely N-dealkylation sites (tertiary alicyclic amines) is 1. The normalized spacial score (nSPS) is 26.1. The van der Waals surface area contributed by atoms with Gasteiger partial charge < -0.3 is 10.6 Å². The Labute approximate surface area is 118 Å². The first-order valence-corrected chi connectivity index (χ1v) is 7.53. The third-order valence-corrected chi connectivity index (χ3v) is 4.75. The number of anilines is 1. The van der Waals surface area contributed by atoms with Crippen molar-refractivity contribution in [3.63, 3.8) is 0 Å². The number of rotatable bonds is 1. The van der Waals surface area contributed by atoms with Crippen LogP contribution in [0.15, 0.2) is 18.2 Å². The van der Waals surface area contributed by atoms with E-state index in [0.29, 0.717) is 23.2 Å². The molecule has 1 aliphatic carbocycles. The molecule has 1 aromatic carbocycles. The van der Waals surface area contributed by atoms with Gasteiger partial charge in [-0.1, -0.05) is 12.8 Å². The number of nitrogens with zero attached hydrogens (tertiary/aromatic N) is 1. The van der Waals surface area contributed by atoms with E-state index >= 15 is 0 Å². The van der Waals surface area contributed by atoms with E-state index in [4.69, 9.17) is 5.73 Å². The zero-order valence-electron chi connectivity index (χ0n) is 11.6. The highest BCUT2D eigenvalue weighted by Gasteiger charge is 2.36. The summed E-state index contributed by atoms with van der Waals surface area (Å²) in [5.41, 5.74) is 6.54. The highest BCUT2D eigenvalue weighted by Crippen LogP contribution is 2.36. The minimum Gasteiger partial charge on any atom is -0.398 e. The number of carbonyl (C=O) groups excluding carboxylic acids is 1. The molecule has 1 amide bonds. The van der Waals surface area contributed by atoms with Crippen molar-refractivity contribution in [2.24, 2.45) is 5.92 Å². The maximum Gasteiger partial charge on any atom is 0.256 e. The lowest BCUT2D eigenvalue weighted by Crippen LogP contribution is -2.49. The summed E-state index contributed by atoms with van der Waals surface area (Å²) in [6.45, 7) is 0.774. The van der Waals surface area contributed by atoms with Crippen LogP contribution < -0.4 is 5.73 Å². The molecular formula is C16H21FN2O. The average molecular weight is 276 g/mol. The Morgan fingerprint density at radius 2 is 1.95 bits per heavy atom. The fourth-order valence-corrected chi connectivity index (χ4v) is 3.75. The van der Waals surface area contributed by atoms with Crippen molar-refractivity contribution in [2.75, 3.05) is 12.3 Å². The SMILES string of the molecule is Nc1ccc(F)cc1C(=O)N1CCCC2CCCCC21. The van der Waals surface area contributed by atoms with Gasteiger partial charge in [-0.15, -0.1) is 0 Å². The Morgan fingerprint density at radius 3 is 2.80 bits per heavy atom. The largest absolute Gasteiger partial charge is 0.398 e. The molecule has 2 unspecified atom stereocenters. The van der Waals surface area contributed by atoms with Gasteiger partial charge in [0.05, 0.1) is 5.56 Å². The monoisotopic (exact) mass is 276 g/mol. The van der Waals surface area contributed by atoms with Crippen LogP contribution in [0.3, 0.4) is 0 Å². The highest BCUT2D eigenvalue weighted by atomic mass is 19.1. The first-order chi connectivity index (χ1) is 9.66. The van der Waals surface area contributed by atoms with Crippen LogP contribution >= 0.6 is 0 Å². The van der Waals surface area contributed by atoms with Crippen molar-refractivity contribution in [1.82, 2.24) is 4.90 Å². The molecule has 3 rings (SSSR count). The molecule has 20 heavy (non-hydrogen) atoms. The Kier molecular flexibility index (Phi) is 3.64. The summed E-state index contributed by atoms with van der Waals surface area (Å²) in [4.78, 5) is 14.6. The zero-order chi connectivity index (χ0) is 14.1. The minimum absolute atomic E-state index is 0.0985. The molecule has 1 saturated carbocycles. The van der Waals surface area contributed by atoms with E-state index in [-0.39, 0.29) is 5.91 Å². The van der Waals surface area contributed by atoms with Crippen LogP contribution in [-0.2, 0) is 0 Å². The smallest absolute Gasteiger partial charge is 0.256 e. The maximum atomic E-state index is 13.4. The van der Waals surface area contributed by atoms with E-state index in [2.05, 4.69) is 0 Å². The van der Waals surface area contributed by atoms with Crippen molar-refractivity contribution >= 4 is 11.6 Å². The number of nitrogen functional groups attached to an aromatic ring is 1. The van der Waals surface area contributed by atoms with Gasteiger partial charge >= 0.3 is 0 Å². The summed E-state index contributed by atoms with van der Waals surface area (Å²) < 4.78 is 13.4. The molecule has 4 heteroatoms. The predicted molar refractivity (Wildman–Crippen MR) is 76.8 cm³/mol. The van der Waals surface area contributed by atoms with E-state index in [0.717, 1.165) is 19.4 Å². The van der Waals surface area contributed by atoms with Gasteiger partial charge in [-0.3, -0.25) is 4.79 Å². The van der Waals surface area contributed by atoms with Crippen molar-refractivity contribution in [3.05, 3.63) is 29.6 Å². The van der Waals surface area contributed by atoms with Crippen LogP contribution in [-0.4, -0.2) is 23.4 Å². The van der Waals surface area contributed by atoms with Gasteiger partial charge in [0.2, 0.25) is 0 Å². The number of hydrogen-bond donors (Lipinski definition) is 1. The summed E-state index contributed by atoms with van der Waals surface area (Å²) >= 11 is 0. The van der Waals surface area contributed by atoms with E-state index in [1.165, 1.54) is 43.9 Å². The lowest BCUT2D eigenvalue weighted by atomic mass is 9.78. The molecule has 0 radical (unpaired) electrons. The number of carbonyl (C=O) groups is 1. The van der Waals surface area contributed by atoms with Gasteiger partial charge in [-0.25, -0.2) is 4.39 Å². The molecule has 2 N–H and O–H groups in total. The van der Waals surface area contributed by atoms with Crippen molar-refractivity contribution < 1.29 is 9.18 Å². The Morgan fingerprint density at radius 1 is 1.20 bits per heavy atom. The molecule has 2 atom stereocenters. The van der Waals surface area contributed by atoms with Crippen LogP contribution in [0.1, 0.15) is 48.9 Å². The third kappa shape index (κ3) is 2.39. The third-order valence-electron chi connectivity index (χ3n) is 4.75. The lowest BCUT2D eigenvalue weighted by Gasteiger charge is -2.44. The number of halogens is 1. The van der Waals surface area contributed by atoms with Crippen molar-refractivity contribution in [1.29, 1.82) is 0 Å². The Bertz CT molecular complexity index is 515. The molecule has 108 valence electrons. The molecule has 2 aliphatic rings. The van der Waals surface area contributed by atoms with Gasteiger partial charge in [0.25, 0.3) is 5.91 Å². The molecule has 0 spiro atoms. The molecule has 2 fully saturated rings. The number of amides is 1. The molecule has 0 bridgehead atoms. The summed E-state index contributed by atoms with van der Waals surface area (Å²) in [5.74, 6) is 0.120. The Balaban J connectivity index is 1.87. The molecular weight excluding hydrogens is 255 g/mol. The summed E-state index contributed by atoms with van der Waals surface area (Å²) in [5, 5.41) is 0. The van der Waals surface area contributed by atoms with Gasteiger partial charge in [0.1, 0.15) is 5.82 Å². The van der Waals surface area contributed by atoms with Crippen molar-refractivity contribution in [3.8, 4) is 0 Å². The maximum absolute atomic E-state index is 13.4. The first-order valence-electron chi connectivity index (χ1n) is 7.53. The molecule has 1 saturated heterocycles. The quantitative estimate of drug-likeness (QED) is 0.801. The summed E-state index contributed by atoms with van der Waals surface area (Å²) in [7, 11) is 0. The van der Waals surface area contributed by atoms with Crippen LogP contribution in [0, 0.1) is 11.7 Å². The second kappa shape index (κ2) is 5.43. The predicted octanol–water partition coefficient (Wildman–Crippen LogP) is 3.20. The van der Waals surface area contributed by atoms with Gasteiger partial charge in [0, 0.05) is 18.3 Å². The van der Waals surface area contributed by atoms with Crippen LogP contribution in [0.5, 0.6) is 0 Å². The number of nitrogens with two attached hydrogens (primary N) is 1. The lowest BCUT2D eigenvalue weighted by molar-refractivity contribution is 0.0391. The molecule has 1 aliphatic heterocycles.